The summed E-state index contributed by atoms with van der Waals surface area (Å²) in [6.45, 7) is 2.34. The number of benzene rings is 2. The molecule has 1 aromatic heterocycles. The van der Waals surface area contributed by atoms with Gasteiger partial charge in [0.05, 0.1) is 12.7 Å². The van der Waals surface area contributed by atoms with E-state index in [1.807, 2.05) is 25.1 Å². The molecule has 0 saturated carbocycles. The molecule has 1 heterocycles. The maximum Gasteiger partial charge on any atom is 0.417 e. The van der Waals surface area contributed by atoms with E-state index in [1.165, 1.54) is 0 Å². The number of carbonyl (C=O) groups is 1. The number of methoxy groups -OCH3 is 1. The van der Waals surface area contributed by atoms with E-state index in [0.717, 1.165) is 23.3 Å². The van der Waals surface area contributed by atoms with Crippen molar-refractivity contribution in [2.45, 2.75) is 19.6 Å². The van der Waals surface area contributed by atoms with Crippen molar-refractivity contribution in [2.75, 3.05) is 14.2 Å². The van der Waals surface area contributed by atoms with Crippen LogP contribution in [-0.2, 0) is 12.7 Å². The number of pyridine rings is 1. The Bertz CT molecular complexity index is 1050. The van der Waals surface area contributed by atoms with Gasteiger partial charge in [-0.15, -0.1) is 0 Å². The van der Waals surface area contributed by atoms with E-state index in [-0.39, 0.29) is 11.8 Å². The Morgan fingerprint density at radius 2 is 1.77 bits per heavy atom. The van der Waals surface area contributed by atoms with Crippen molar-refractivity contribution in [3.63, 3.8) is 0 Å². The van der Waals surface area contributed by atoms with Gasteiger partial charge in [0.2, 0.25) is 5.88 Å². The van der Waals surface area contributed by atoms with Crippen LogP contribution in [-0.4, -0.2) is 29.9 Å². The van der Waals surface area contributed by atoms with Crippen LogP contribution in [0.25, 0.3) is 0 Å². The molecule has 0 N–H and O–H groups in total. The molecule has 3 rings (SSSR count). The molecular formula is C23H21F3N2O3. The third kappa shape index (κ3) is 5.53. The second-order valence-electron chi connectivity index (χ2n) is 6.99. The summed E-state index contributed by atoms with van der Waals surface area (Å²) in [7, 11) is 3.28. The number of ether oxygens (including phenoxy) is 2. The van der Waals surface area contributed by atoms with Crippen molar-refractivity contribution >= 4 is 5.91 Å². The zero-order chi connectivity index (χ0) is 22.6. The van der Waals surface area contributed by atoms with Gasteiger partial charge in [-0.25, -0.2) is 4.98 Å². The number of hydrogen-bond acceptors (Lipinski definition) is 4. The minimum absolute atomic E-state index is 0.0238. The highest BCUT2D eigenvalue weighted by Crippen LogP contribution is 2.30. The molecular weight excluding hydrogens is 409 g/mol. The van der Waals surface area contributed by atoms with Gasteiger partial charge < -0.3 is 14.4 Å². The molecule has 5 nitrogen and oxygen atoms in total. The number of aryl methyl sites for hydroxylation is 1. The monoisotopic (exact) mass is 430 g/mol. The molecule has 0 saturated heterocycles. The predicted octanol–water partition coefficient (Wildman–Crippen LogP) is 5.48. The first-order valence-electron chi connectivity index (χ1n) is 9.37. The predicted molar refractivity (Wildman–Crippen MR) is 109 cm³/mol. The molecule has 162 valence electrons. The van der Waals surface area contributed by atoms with Crippen LogP contribution in [0.2, 0.25) is 0 Å². The average molecular weight is 430 g/mol. The zero-order valence-corrected chi connectivity index (χ0v) is 17.2. The first-order valence-corrected chi connectivity index (χ1v) is 9.37. The Kier molecular flexibility index (Phi) is 6.48. The minimum Gasteiger partial charge on any atom is -0.496 e. The standard InChI is InChI=1S/C23H21F3N2O3/c1-15-4-10-20(30-3)17(12-15)14-28(2)22(29)16-5-8-19(9-6-16)31-21-11-7-18(13-27-21)23(24,25)26/h4-13H,14H2,1-3H3. The van der Waals surface area contributed by atoms with Crippen LogP contribution in [0.15, 0.2) is 60.8 Å². The molecule has 0 unspecified atom stereocenters. The van der Waals surface area contributed by atoms with Crippen LogP contribution in [0.4, 0.5) is 13.2 Å². The highest BCUT2D eigenvalue weighted by atomic mass is 19.4. The number of alkyl halides is 3. The fraction of sp³-hybridized carbons (Fsp3) is 0.217. The Morgan fingerprint density at radius 3 is 2.35 bits per heavy atom. The Balaban J connectivity index is 1.66. The lowest BCUT2D eigenvalue weighted by molar-refractivity contribution is -0.137. The summed E-state index contributed by atoms with van der Waals surface area (Å²) in [5, 5.41) is 0. The molecule has 0 aliphatic rings. The van der Waals surface area contributed by atoms with Crippen LogP contribution in [0.1, 0.15) is 27.0 Å². The topological polar surface area (TPSA) is 51.7 Å². The van der Waals surface area contributed by atoms with Gasteiger partial charge in [0.15, 0.2) is 0 Å². The summed E-state index contributed by atoms with van der Waals surface area (Å²) in [5.74, 6) is 0.892. The van der Waals surface area contributed by atoms with Gasteiger partial charge in [-0.05, 0) is 43.3 Å². The maximum absolute atomic E-state index is 12.8. The second kappa shape index (κ2) is 9.07. The first-order chi connectivity index (χ1) is 14.7. The van der Waals surface area contributed by atoms with Crippen molar-refractivity contribution in [3.05, 3.63) is 83.0 Å². The number of nitrogens with zero attached hydrogens (tertiary/aromatic N) is 2. The molecule has 0 bridgehead atoms. The maximum atomic E-state index is 12.8. The van der Waals surface area contributed by atoms with Gasteiger partial charge >= 0.3 is 6.18 Å². The third-order valence-electron chi connectivity index (χ3n) is 4.58. The van der Waals surface area contributed by atoms with Gasteiger partial charge in [0, 0.05) is 37.0 Å². The van der Waals surface area contributed by atoms with Crippen molar-refractivity contribution in [2.24, 2.45) is 0 Å². The van der Waals surface area contributed by atoms with E-state index in [9.17, 15) is 18.0 Å². The lowest BCUT2D eigenvalue weighted by Crippen LogP contribution is -2.26. The number of halogens is 3. The summed E-state index contributed by atoms with van der Waals surface area (Å²) in [4.78, 5) is 18.0. The molecule has 8 heteroatoms. The third-order valence-corrected chi connectivity index (χ3v) is 4.58. The van der Waals surface area contributed by atoms with E-state index >= 15 is 0 Å². The Hall–Kier alpha value is -3.55. The Labute approximate surface area is 178 Å². The van der Waals surface area contributed by atoms with Crippen molar-refractivity contribution in [1.29, 1.82) is 0 Å². The van der Waals surface area contributed by atoms with Gasteiger partial charge in [-0.3, -0.25) is 4.79 Å². The molecule has 1 amide bonds. The van der Waals surface area contributed by atoms with Crippen molar-refractivity contribution < 1.29 is 27.4 Å². The molecule has 0 aliphatic heterocycles. The highest BCUT2D eigenvalue weighted by Gasteiger charge is 2.30. The van der Waals surface area contributed by atoms with Crippen LogP contribution in [0, 0.1) is 6.92 Å². The molecule has 3 aromatic rings. The smallest absolute Gasteiger partial charge is 0.417 e. The van der Waals surface area contributed by atoms with Gasteiger partial charge in [-0.2, -0.15) is 13.2 Å². The summed E-state index contributed by atoms with van der Waals surface area (Å²) in [6.07, 6.45) is -3.75. The largest absolute Gasteiger partial charge is 0.496 e. The number of carbonyl (C=O) groups excluding carboxylic acids is 1. The summed E-state index contributed by atoms with van der Waals surface area (Å²) in [6, 6.07) is 14.1. The van der Waals surface area contributed by atoms with E-state index in [1.54, 1.807) is 43.3 Å². The van der Waals surface area contributed by atoms with E-state index in [4.69, 9.17) is 9.47 Å². The summed E-state index contributed by atoms with van der Waals surface area (Å²) in [5.41, 5.74) is 1.55. The summed E-state index contributed by atoms with van der Waals surface area (Å²) >= 11 is 0. The van der Waals surface area contributed by atoms with E-state index in [0.29, 0.717) is 29.8 Å². The minimum atomic E-state index is -4.46. The first kappa shape index (κ1) is 22.1. The van der Waals surface area contributed by atoms with Crippen LogP contribution in [0.5, 0.6) is 17.4 Å². The lowest BCUT2D eigenvalue weighted by atomic mass is 10.1. The fourth-order valence-corrected chi connectivity index (χ4v) is 2.97. The average Bonchev–Trinajstić information content (AvgIpc) is 2.73. The number of amides is 1. The number of hydrogen-bond donors (Lipinski definition) is 0. The molecule has 31 heavy (non-hydrogen) atoms. The van der Waals surface area contributed by atoms with E-state index in [2.05, 4.69) is 4.98 Å². The molecule has 0 atom stereocenters. The normalized spacial score (nSPS) is 11.2. The molecule has 0 aliphatic carbocycles. The van der Waals surface area contributed by atoms with Crippen LogP contribution >= 0.6 is 0 Å². The van der Waals surface area contributed by atoms with Crippen LogP contribution < -0.4 is 9.47 Å². The van der Waals surface area contributed by atoms with E-state index < -0.39 is 11.7 Å². The van der Waals surface area contributed by atoms with Crippen molar-refractivity contribution in [1.82, 2.24) is 9.88 Å². The van der Waals surface area contributed by atoms with Gasteiger partial charge in [0.25, 0.3) is 5.91 Å². The molecule has 0 fully saturated rings. The molecule has 0 spiro atoms. The molecule has 2 aromatic carbocycles. The quantitative estimate of drug-likeness (QED) is 0.520. The number of rotatable bonds is 6. The number of aromatic nitrogens is 1. The summed E-state index contributed by atoms with van der Waals surface area (Å²) < 4.78 is 48.6. The Morgan fingerprint density at radius 1 is 1.06 bits per heavy atom. The highest BCUT2D eigenvalue weighted by molar-refractivity contribution is 5.94. The van der Waals surface area contributed by atoms with Crippen LogP contribution in [0.3, 0.4) is 0 Å². The fourth-order valence-electron chi connectivity index (χ4n) is 2.97. The zero-order valence-electron chi connectivity index (χ0n) is 17.2. The van der Waals surface area contributed by atoms with Crippen molar-refractivity contribution in [3.8, 4) is 17.4 Å². The SMILES string of the molecule is COc1ccc(C)cc1CN(C)C(=O)c1ccc(Oc2ccc(C(F)(F)F)cn2)cc1. The molecule has 0 radical (unpaired) electrons. The second-order valence-corrected chi connectivity index (χ2v) is 6.99. The van der Waals surface area contributed by atoms with Gasteiger partial charge in [-0.1, -0.05) is 17.7 Å². The van der Waals surface area contributed by atoms with Gasteiger partial charge in [0.1, 0.15) is 11.5 Å². The lowest BCUT2D eigenvalue weighted by Gasteiger charge is -2.19.